The van der Waals surface area contributed by atoms with Gasteiger partial charge in [-0.05, 0) is 85.5 Å². The largest absolute Gasteiger partial charge is 0.493 e. The maximum Gasteiger partial charge on any atom is 0.306 e. The molecule has 0 radical (unpaired) electrons. The molecule has 1 heterocycles. The topological polar surface area (TPSA) is 57.7 Å². The molecule has 1 atom stereocenters. The molecule has 2 fully saturated rings. The summed E-state index contributed by atoms with van der Waals surface area (Å²) in [6, 6.07) is 9.88. The van der Waals surface area contributed by atoms with Crippen molar-refractivity contribution < 1.29 is 23.4 Å². The van der Waals surface area contributed by atoms with Gasteiger partial charge in [-0.15, -0.1) is 0 Å². The standard InChI is InChI=1S/C26H32FNO4/c1-30-25-13-23(24(27)15-28-25)19-8-6-17(7-9-19)16-32-21-5-3-4-20(12-21)22(18-10-11-18)14-26(29)31-2/h3-5,12-13,15,17-19,22H,6-11,14,16H2,1-2H3/t17-,19-,22-/m0/s1. The number of benzene rings is 1. The number of nitrogens with zero attached hydrogens (tertiary/aromatic N) is 1. The molecule has 0 saturated heterocycles. The maximum absolute atomic E-state index is 14.3. The average molecular weight is 442 g/mol. The molecule has 5 nitrogen and oxygen atoms in total. The summed E-state index contributed by atoms with van der Waals surface area (Å²) in [5.74, 6) is 2.32. The first kappa shape index (κ1) is 22.6. The molecule has 2 aliphatic carbocycles. The minimum absolute atomic E-state index is 0.159. The Balaban J connectivity index is 1.31. The molecule has 2 aromatic rings. The summed E-state index contributed by atoms with van der Waals surface area (Å²) in [6.07, 6.45) is 7.88. The quantitative estimate of drug-likeness (QED) is 0.472. The van der Waals surface area contributed by atoms with Gasteiger partial charge in [-0.2, -0.15) is 0 Å². The maximum atomic E-state index is 14.3. The molecule has 32 heavy (non-hydrogen) atoms. The van der Waals surface area contributed by atoms with Crippen LogP contribution in [0.5, 0.6) is 11.6 Å². The lowest BCUT2D eigenvalue weighted by molar-refractivity contribution is -0.141. The summed E-state index contributed by atoms with van der Waals surface area (Å²) in [6.45, 7) is 0.656. The van der Waals surface area contributed by atoms with Crippen LogP contribution < -0.4 is 9.47 Å². The zero-order valence-corrected chi connectivity index (χ0v) is 18.9. The predicted octanol–water partition coefficient (Wildman–Crippen LogP) is 5.64. The lowest BCUT2D eigenvalue weighted by Crippen LogP contribution is -2.20. The second kappa shape index (κ2) is 10.3. The van der Waals surface area contributed by atoms with Gasteiger partial charge in [0.1, 0.15) is 11.6 Å². The predicted molar refractivity (Wildman–Crippen MR) is 119 cm³/mol. The van der Waals surface area contributed by atoms with Crippen molar-refractivity contribution in [1.82, 2.24) is 4.98 Å². The van der Waals surface area contributed by atoms with Gasteiger partial charge in [0.15, 0.2) is 0 Å². The van der Waals surface area contributed by atoms with Gasteiger partial charge in [0.05, 0.1) is 33.4 Å². The minimum Gasteiger partial charge on any atom is -0.493 e. The van der Waals surface area contributed by atoms with Gasteiger partial charge in [0, 0.05) is 6.07 Å². The van der Waals surface area contributed by atoms with E-state index in [0.29, 0.717) is 36.3 Å². The SMILES string of the molecule is COC(=O)C[C@H](c1cccc(OC[C@H]2CC[C@H](c3cc(OC)ncc3F)CC2)c1)C1CC1. The summed E-state index contributed by atoms with van der Waals surface area (Å²) < 4.78 is 30.5. The number of rotatable bonds is 9. The molecule has 0 unspecified atom stereocenters. The van der Waals surface area contributed by atoms with Gasteiger partial charge in [0.25, 0.3) is 0 Å². The van der Waals surface area contributed by atoms with E-state index in [-0.39, 0.29) is 23.6 Å². The molecule has 172 valence electrons. The van der Waals surface area contributed by atoms with E-state index in [4.69, 9.17) is 14.2 Å². The number of carbonyl (C=O) groups excluding carboxylic acids is 1. The van der Waals surface area contributed by atoms with Gasteiger partial charge in [0.2, 0.25) is 5.88 Å². The van der Waals surface area contributed by atoms with Crippen molar-refractivity contribution in [2.24, 2.45) is 11.8 Å². The smallest absolute Gasteiger partial charge is 0.306 e. The molecule has 2 aliphatic rings. The van der Waals surface area contributed by atoms with Crippen molar-refractivity contribution in [2.45, 2.75) is 56.8 Å². The highest BCUT2D eigenvalue weighted by atomic mass is 19.1. The van der Waals surface area contributed by atoms with Crippen LogP contribution in [-0.4, -0.2) is 31.8 Å². The van der Waals surface area contributed by atoms with Crippen LogP contribution in [0, 0.1) is 17.7 Å². The third kappa shape index (κ3) is 5.59. The highest BCUT2D eigenvalue weighted by Crippen LogP contribution is 2.45. The Morgan fingerprint density at radius 3 is 2.59 bits per heavy atom. The second-order valence-corrected chi connectivity index (χ2v) is 9.07. The van der Waals surface area contributed by atoms with E-state index in [9.17, 15) is 9.18 Å². The van der Waals surface area contributed by atoms with Gasteiger partial charge in [-0.1, -0.05) is 12.1 Å². The number of hydrogen-bond donors (Lipinski definition) is 0. The zero-order chi connectivity index (χ0) is 22.5. The lowest BCUT2D eigenvalue weighted by Gasteiger charge is -2.29. The van der Waals surface area contributed by atoms with E-state index < -0.39 is 0 Å². The molecule has 0 spiro atoms. The van der Waals surface area contributed by atoms with Crippen molar-refractivity contribution in [1.29, 1.82) is 0 Å². The van der Waals surface area contributed by atoms with Crippen LogP contribution >= 0.6 is 0 Å². The van der Waals surface area contributed by atoms with Crippen LogP contribution in [0.1, 0.15) is 67.9 Å². The fraction of sp³-hybridized carbons (Fsp3) is 0.538. The van der Waals surface area contributed by atoms with Gasteiger partial charge in [-0.25, -0.2) is 9.37 Å². The summed E-state index contributed by atoms with van der Waals surface area (Å²) >= 11 is 0. The van der Waals surface area contributed by atoms with Crippen LogP contribution in [0.4, 0.5) is 4.39 Å². The van der Waals surface area contributed by atoms with Crippen LogP contribution in [0.2, 0.25) is 0 Å². The van der Waals surface area contributed by atoms with E-state index in [2.05, 4.69) is 17.1 Å². The fourth-order valence-corrected chi connectivity index (χ4v) is 4.87. The number of esters is 1. The molecular formula is C26H32FNO4. The third-order valence-electron chi connectivity index (χ3n) is 6.93. The molecule has 4 rings (SSSR count). The monoisotopic (exact) mass is 441 g/mol. The van der Waals surface area contributed by atoms with E-state index in [1.165, 1.54) is 26.1 Å². The summed E-state index contributed by atoms with van der Waals surface area (Å²) in [5.41, 5.74) is 1.86. The minimum atomic E-state index is -0.250. The Morgan fingerprint density at radius 2 is 1.91 bits per heavy atom. The van der Waals surface area contributed by atoms with Gasteiger partial charge in [-0.3, -0.25) is 4.79 Å². The van der Waals surface area contributed by atoms with E-state index >= 15 is 0 Å². The highest BCUT2D eigenvalue weighted by molar-refractivity contribution is 5.70. The highest BCUT2D eigenvalue weighted by Gasteiger charge is 2.34. The first-order valence-electron chi connectivity index (χ1n) is 11.6. The molecule has 6 heteroatoms. The van der Waals surface area contributed by atoms with Crippen LogP contribution in [0.3, 0.4) is 0 Å². The number of carbonyl (C=O) groups is 1. The summed E-state index contributed by atoms with van der Waals surface area (Å²) in [5, 5.41) is 0. The molecule has 1 aromatic heterocycles. The molecule has 0 N–H and O–H groups in total. The molecule has 0 amide bonds. The summed E-state index contributed by atoms with van der Waals surface area (Å²) in [7, 11) is 3.00. The molecule has 0 bridgehead atoms. The third-order valence-corrected chi connectivity index (χ3v) is 6.93. The number of methoxy groups -OCH3 is 2. The Bertz CT molecular complexity index is 922. The normalized spacial score (nSPS) is 21.6. The first-order chi connectivity index (χ1) is 15.6. The molecule has 2 saturated carbocycles. The second-order valence-electron chi connectivity index (χ2n) is 9.07. The molecular weight excluding hydrogens is 409 g/mol. The fourth-order valence-electron chi connectivity index (χ4n) is 4.87. The Hall–Kier alpha value is -2.63. The van der Waals surface area contributed by atoms with E-state index in [1.54, 1.807) is 13.2 Å². The van der Waals surface area contributed by atoms with Crippen molar-refractivity contribution in [2.75, 3.05) is 20.8 Å². The zero-order valence-electron chi connectivity index (χ0n) is 18.9. The number of halogens is 1. The van der Waals surface area contributed by atoms with E-state index in [0.717, 1.165) is 37.0 Å². The summed E-state index contributed by atoms with van der Waals surface area (Å²) in [4.78, 5) is 15.8. The average Bonchev–Trinajstić information content (AvgIpc) is 3.67. The molecule has 0 aliphatic heterocycles. The van der Waals surface area contributed by atoms with E-state index in [1.807, 2.05) is 12.1 Å². The van der Waals surface area contributed by atoms with Crippen molar-refractivity contribution in [3.05, 3.63) is 53.5 Å². The van der Waals surface area contributed by atoms with Gasteiger partial charge >= 0.3 is 5.97 Å². The number of aromatic nitrogens is 1. The Kier molecular flexibility index (Phi) is 7.28. The molecule has 1 aromatic carbocycles. The number of pyridine rings is 1. The Labute approximate surface area is 189 Å². The van der Waals surface area contributed by atoms with Gasteiger partial charge < -0.3 is 14.2 Å². The van der Waals surface area contributed by atoms with Crippen molar-refractivity contribution in [3.63, 3.8) is 0 Å². The van der Waals surface area contributed by atoms with Crippen molar-refractivity contribution in [3.8, 4) is 11.6 Å². The number of ether oxygens (including phenoxy) is 3. The number of hydrogen-bond acceptors (Lipinski definition) is 5. The Morgan fingerprint density at radius 1 is 1.12 bits per heavy atom. The lowest BCUT2D eigenvalue weighted by atomic mass is 9.79. The van der Waals surface area contributed by atoms with Crippen LogP contribution in [-0.2, 0) is 9.53 Å². The van der Waals surface area contributed by atoms with Crippen LogP contribution in [0.15, 0.2) is 36.5 Å². The first-order valence-corrected chi connectivity index (χ1v) is 11.6. The van der Waals surface area contributed by atoms with Crippen molar-refractivity contribution >= 4 is 5.97 Å². The van der Waals surface area contributed by atoms with Crippen LogP contribution in [0.25, 0.3) is 0 Å².